The van der Waals surface area contributed by atoms with Crippen LogP contribution < -0.4 is 9.47 Å². The van der Waals surface area contributed by atoms with Gasteiger partial charge in [-0.1, -0.05) is 42.5 Å². The predicted molar refractivity (Wildman–Crippen MR) is 177 cm³/mol. The number of carbonyl (C=O) groups is 1. The molecular formula is C37H31EuN3O4. The summed E-state index contributed by atoms with van der Waals surface area (Å²) in [7, 11) is 3.05. The van der Waals surface area contributed by atoms with Gasteiger partial charge < -0.3 is 19.1 Å². The van der Waals surface area contributed by atoms with Crippen molar-refractivity contribution in [2.24, 2.45) is 0 Å². The van der Waals surface area contributed by atoms with Gasteiger partial charge in [0.05, 0.1) is 25.3 Å². The third-order valence-electron chi connectivity index (χ3n) is 7.63. The zero-order valence-electron chi connectivity index (χ0n) is 25.1. The molecule has 3 heterocycles. The van der Waals surface area contributed by atoms with Gasteiger partial charge in [-0.2, -0.15) is 0 Å². The van der Waals surface area contributed by atoms with E-state index in [4.69, 9.17) is 9.47 Å². The maximum absolute atomic E-state index is 12.7. The Hall–Kier alpha value is -4.11. The molecule has 3 aromatic heterocycles. The van der Waals surface area contributed by atoms with Crippen LogP contribution >= 0.6 is 0 Å². The molecule has 0 atom stereocenters. The van der Waals surface area contributed by atoms with Crippen LogP contribution in [0.5, 0.6) is 11.5 Å². The number of ketones is 1. The molecule has 0 aliphatic carbocycles. The van der Waals surface area contributed by atoms with Crippen LogP contribution in [-0.2, 0) is 6.54 Å². The van der Waals surface area contributed by atoms with E-state index >= 15 is 0 Å². The average molecular weight is 734 g/mol. The zero-order chi connectivity index (χ0) is 30.6. The Labute approximate surface area is 301 Å². The molecule has 7 aromatic rings. The Morgan fingerprint density at radius 1 is 0.733 bits per heavy atom. The Morgan fingerprint density at radius 2 is 1.33 bits per heavy atom. The topological polar surface area (TPSA) is 86.5 Å². The first kappa shape index (κ1) is 32.3. The molecule has 0 bridgehead atoms. The smallest absolute Gasteiger partial charge is 0.189 e. The minimum absolute atomic E-state index is 0. The Bertz CT molecular complexity index is 2110. The Kier molecular flexibility index (Phi) is 10.3. The van der Waals surface area contributed by atoms with Crippen molar-refractivity contribution in [3.05, 3.63) is 127 Å². The monoisotopic (exact) mass is 734 g/mol. The summed E-state index contributed by atoms with van der Waals surface area (Å²) in [6.45, 7) is 2.96. The Morgan fingerprint density at radius 3 is 1.93 bits per heavy atom. The van der Waals surface area contributed by atoms with E-state index in [-0.39, 0.29) is 60.9 Å². The van der Waals surface area contributed by atoms with Crippen molar-refractivity contribution >= 4 is 55.2 Å². The number of allylic oxidation sites excluding steroid dienone is 1. The van der Waals surface area contributed by atoms with Crippen molar-refractivity contribution in [2.45, 2.75) is 13.5 Å². The van der Waals surface area contributed by atoms with Gasteiger partial charge in [-0.05, 0) is 55.5 Å². The number of nitrogens with zero attached hydrogens (tertiary/aromatic N) is 3. The number of fused-ring (bicyclic) bond motifs is 6. The molecule has 8 heteroatoms. The number of benzene rings is 4. The molecule has 4 aromatic carbocycles. The quantitative estimate of drug-likeness (QED) is 0.0800. The van der Waals surface area contributed by atoms with Gasteiger partial charge >= 0.3 is 0 Å². The summed E-state index contributed by atoms with van der Waals surface area (Å²) in [4.78, 5) is 21.4. The van der Waals surface area contributed by atoms with Crippen molar-refractivity contribution in [1.82, 2.24) is 14.5 Å². The first-order chi connectivity index (χ1) is 21.5. The van der Waals surface area contributed by atoms with Gasteiger partial charge in [-0.3, -0.25) is 14.8 Å². The molecule has 7 rings (SSSR count). The van der Waals surface area contributed by atoms with E-state index in [0.717, 1.165) is 50.2 Å². The van der Waals surface area contributed by atoms with E-state index in [1.54, 1.807) is 30.6 Å². The fraction of sp³-hybridized carbons (Fsp3) is 0.108. The minimum Gasteiger partial charge on any atom is -0.507 e. The molecular weight excluding hydrogens is 702 g/mol. The second-order valence-electron chi connectivity index (χ2n) is 10.2. The van der Waals surface area contributed by atoms with Gasteiger partial charge in [0.1, 0.15) is 17.3 Å². The number of ether oxygens (including phenoxy) is 2. The van der Waals surface area contributed by atoms with Gasteiger partial charge in [0.15, 0.2) is 5.78 Å². The second-order valence-corrected chi connectivity index (χ2v) is 10.2. The van der Waals surface area contributed by atoms with Crippen LogP contribution in [0, 0.1) is 49.4 Å². The number of methoxy groups -OCH3 is 2. The van der Waals surface area contributed by atoms with Gasteiger partial charge in [0.25, 0.3) is 0 Å². The maximum Gasteiger partial charge on any atom is 0.189 e. The molecule has 225 valence electrons. The van der Waals surface area contributed by atoms with Gasteiger partial charge in [-0.15, -0.1) is 0 Å². The van der Waals surface area contributed by atoms with Crippen LogP contribution in [0.4, 0.5) is 0 Å². The summed E-state index contributed by atoms with van der Waals surface area (Å²) in [5, 5.41) is 15.1. The van der Waals surface area contributed by atoms with Gasteiger partial charge in [-0.25, -0.2) is 0 Å². The summed E-state index contributed by atoms with van der Waals surface area (Å²) in [6.07, 6.45) is 4.83. The number of hydrogen-bond acceptors (Lipinski definition) is 6. The van der Waals surface area contributed by atoms with Crippen LogP contribution in [0.3, 0.4) is 0 Å². The fourth-order valence-corrected chi connectivity index (χ4v) is 5.47. The number of pyridine rings is 2. The number of rotatable bonds is 6. The van der Waals surface area contributed by atoms with Crippen molar-refractivity contribution in [2.75, 3.05) is 14.2 Å². The second kappa shape index (κ2) is 14.3. The van der Waals surface area contributed by atoms with E-state index in [9.17, 15) is 9.90 Å². The van der Waals surface area contributed by atoms with Crippen LogP contribution in [0.2, 0.25) is 0 Å². The predicted octanol–water partition coefficient (Wildman–Crippen LogP) is 8.40. The summed E-state index contributed by atoms with van der Waals surface area (Å²) in [5.74, 6) is 0.608. The molecule has 0 amide bonds. The standard InChI is InChI=1S/C25H23NO4.C12H8N2.Eu/c1-4-26-22-8-6-5-7-20(22)21-13-16(9-10-23(21)26)24(27)15-25(28)17-11-18(29-2)14-19(12-17)30-3;1-3-9-5-6-10-4-2-8-14-12(10)11(9)13-7-1;/h5-15,27H,4H2,1-3H3;1-8H;/b24-15-;;. The van der Waals surface area contributed by atoms with E-state index in [0.29, 0.717) is 22.6 Å². The van der Waals surface area contributed by atoms with Crippen molar-refractivity contribution in [3.63, 3.8) is 0 Å². The van der Waals surface area contributed by atoms with E-state index in [1.807, 2.05) is 42.5 Å². The number of carbonyl (C=O) groups excluding carboxylic acids is 1. The molecule has 7 nitrogen and oxygen atoms in total. The van der Waals surface area contributed by atoms with Crippen molar-refractivity contribution < 1.29 is 68.8 Å². The fourth-order valence-electron chi connectivity index (χ4n) is 5.47. The molecule has 0 aliphatic heterocycles. The molecule has 0 fully saturated rings. The summed E-state index contributed by atoms with van der Waals surface area (Å²) >= 11 is 0. The average Bonchev–Trinajstić information content (AvgIpc) is 3.41. The molecule has 0 saturated heterocycles. The van der Waals surface area contributed by atoms with E-state index < -0.39 is 0 Å². The molecule has 0 aliphatic rings. The maximum atomic E-state index is 12.7. The third kappa shape index (κ3) is 6.64. The molecule has 45 heavy (non-hydrogen) atoms. The van der Waals surface area contributed by atoms with Crippen molar-refractivity contribution in [3.8, 4) is 11.5 Å². The third-order valence-corrected chi connectivity index (χ3v) is 7.63. The number of para-hydroxylation sites is 1. The summed E-state index contributed by atoms with van der Waals surface area (Å²) in [5.41, 5.74) is 5.16. The largest absolute Gasteiger partial charge is 0.507 e. The number of hydrogen-bond donors (Lipinski definition) is 1. The van der Waals surface area contributed by atoms with E-state index in [1.165, 1.54) is 20.3 Å². The molecule has 0 saturated carbocycles. The molecule has 1 N–H and O–H groups in total. The number of aliphatic hydroxyl groups is 1. The van der Waals surface area contributed by atoms with Gasteiger partial charge in [0, 0.05) is 124 Å². The summed E-state index contributed by atoms with van der Waals surface area (Å²) in [6, 6.07) is 31.0. The number of aromatic nitrogens is 3. The van der Waals surface area contributed by atoms with E-state index in [2.05, 4.69) is 57.9 Å². The van der Waals surface area contributed by atoms with Crippen LogP contribution in [-0.4, -0.2) is 39.6 Å². The first-order valence-electron chi connectivity index (χ1n) is 14.3. The molecule has 0 unspecified atom stereocenters. The van der Waals surface area contributed by atoms with Crippen LogP contribution in [0.25, 0.3) is 49.4 Å². The number of aryl methyl sites for hydroxylation is 1. The minimum atomic E-state index is -0.333. The van der Waals surface area contributed by atoms with Crippen LogP contribution in [0.15, 0.2) is 116 Å². The van der Waals surface area contributed by atoms with Crippen LogP contribution in [0.1, 0.15) is 22.8 Å². The Balaban J connectivity index is 0.000000222. The summed E-state index contributed by atoms with van der Waals surface area (Å²) < 4.78 is 12.7. The first-order valence-corrected chi connectivity index (χ1v) is 14.3. The molecule has 1 radical (unpaired) electrons. The normalized spacial score (nSPS) is 11.2. The number of aliphatic hydroxyl groups excluding tert-OH is 1. The zero-order valence-corrected chi connectivity index (χ0v) is 27.5. The SMILES string of the molecule is CCn1c2ccccc2c2cc(/C(O)=C/C(=O)c3cc(OC)cc(OC)c3)ccc21.[Eu].c1cnc2c(c1)ccc1cccnc12. The van der Waals surface area contributed by atoms with Crippen molar-refractivity contribution in [1.29, 1.82) is 0 Å². The van der Waals surface area contributed by atoms with Gasteiger partial charge in [0.2, 0.25) is 0 Å². The molecule has 0 spiro atoms.